The largest absolute Gasteiger partial charge is 0.346 e. The molecular formula is C10H16ClN3O. The van der Waals surface area contributed by atoms with Gasteiger partial charge in [-0.15, -0.1) is 11.6 Å². The molecule has 1 amide bonds. The number of alkyl halides is 1. The lowest BCUT2D eigenvalue weighted by Crippen LogP contribution is -2.45. The quantitative estimate of drug-likeness (QED) is 0.799. The van der Waals surface area contributed by atoms with Gasteiger partial charge in [0.2, 0.25) is 0 Å². The Hall–Kier alpha value is -1.03. The normalized spacial score (nSPS) is 11.5. The van der Waals surface area contributed by atoms with Crippen LogP contribution in [0.4, 0.5) is 0 Å². The van der Waals surface area contributed by atoms with Crippen LogP contribution < -0.4 is 5.32 Å². The monoisotopic (exact) mass is 229 g/mol. The molecule has 4 nitrogen and oxygen atoms in total. The highest BCUT2D eigenvalue weighted by Crippen LogP contribution is 2.10. The topological polar surface area (TPSA) is 46.9 Å². The van der Waals surface area contributed by atoms with Crippen LogP contribution in [0.5, 0.6) is 0 Å². The van der Waals surface area contributed by atoms with E-state index in [9.17, 15) is 4.79 Å². The van der Waals surface area contributed by atoms with E-state index >= 15 is 0 Å². The molecule has 0 spiro atoms. The molecule has 1 N–H and O–H groups in total. The summed E-state index contributed by atoms with van der Waals surface area (Å²) < 4.78 is 1.67. The summed E-state index contributed by atoms with van der Waals surface area (Å²) in [6, 6.07) is 0. The van der Waals surface area contributed by atoms with Crippen LogP contribution in [-0.4, -0.2) is 27.1 Å². The summed E-state index contributed by atoms with van der Waals surface area (Å²) in [5.41, 5.74) is 1.04. The molecule has 84 valence electrons. The van der Waals surface area contributed by atoms with Crippen molar-refractivity contribution in [1.82, 2.24) is 15.1 Å². The van der Waals surface area contributed by atoms with Gasteiger partial charge < -0.3 is 5.32 Å². The number of hydrogen-bond acceptors (Lipinski definition) is 2. The molecule has 0 fully saturated rings. The third-order valence-corrected chi connectivity index (χ3v) is 2.93. The molecule has 0 aromatic carbocycles. The highest BCUT2D eigenvalue weighted by Gasteiger charge is 2.22. The average Bonchev–Trinajstić information content (AvgIpc) is 2.47. The van der Waals surface area contributed by atoms with Crippen molar-refractivity contribution in [2.75, 3.05) is 5.88 Å². The van der Waals surface area contributed by atoms with Crippen molar-refractivity contribution in [1.29, 1.82) is 0 Å². The molecule has 1 rings (SSSR count). The average molecular weight is 230 g/mol. The molecule has 0 aliphatic rings. The number of carbonyl (C=O) groups is 1. The molecule has 15 heavy (non-hydrogen) atoms. The van der Waals surface area contributed by atoms with E-state index in [-0.39, 0.29) is 5.91 Å². The van der Waals surface area contributed by atoms with Gasteiger partial charge in [0.25, 0.3) is 5.91 Å². The van der Waals surface area contributed by atoms with Crippen LogP contribution in [0.25, 0.3) is 0 Å². The van der Waals surface area contributed by atoms with Gasteiger partial charge in [0, 0.05) is 24.2 Å². The Morgan fingerprint density at radius 2 is 2.27 bits per heavy atom. The third-order valence-electron chi connectivity index (χ3n) is 2.27. The molecular weight excluding hydrogens is 214 g/mol. The first-order valence-electron chi connectivity index (χ1n) is 4.74. The fraction of sp³-hybridized carbons (Fsp3) is 0.600. The predicted octanol–water partition coefficient (Wildman–Crippen LogP) is 1.48. The molecule has 0 aliphatic carbocycles. The van der Waals surface area contributed by atoms with Crippen LogP contribution in [0.1, 0.15) is 29.9 Å². The Bertz CT molecular complexity index is 371. The van der Waals surface area contributed by atoms with Gasteiger partial charge in [-0.3, -0.25) is 9.48 Å². The smallest absolute Gasteiger partial charge is 0.255 e. The lowest BCUT2D eigenvalue weighted by molar-refractivity contribution is 0.0920. The second-order valence-electron chi connectivity index (χ2n) is 4.24. The maximum atomic E-state index is 11.8. The van der Waals surface area contributed by atoms with Crippen LogP contribution in [-0.2, 0) is 7.05 Å². The van der Waals surface area contributed by atoms with E-state index < -0.39 is 5.54 Å². The first kappa shape index (κ1) is 12.0. The molecule has 0 bridgehead atoms. The molecule has 0 saturated heterocycles. The lowest BCUT2D eigenvalue weighted by Gasteiger charge is -2.23. The minimum absolute atomic E-state index is 0.133. The molecule has 0 unspecified atom stereocenters. The van der Waals surface area contributed by atoms with E-state index in [0.717, 1.165) is 5.69 Å². The van der Waals surface area contributed by atoms with Crippen molar-refractivity contribution in [2.24, 2.45) is 7.05 Å². The Morgan fingerprint density at radius 3 is 2.67 bits per heavy atom. The van der Waals surface area contributed by atoms with Crippen molar-refractivity contribution in [3.63, 3.8) is 0 Å². The van der Waals surface area contributed by atoms with Gasteiger partial charge in [-0.25, -0.2) is 0 Å². The van der Waals surface area contributed by atoms with Gasteiger partial charge in [0.1, 0.15) is 0 Å². The molecule has 1 aromatic rings. The van der Waals surface area contributed by atoms with Crippen LogP contribution in [0.2, 0.25) is 0 Å². The summed E-state index contributed by atoms with van der Waals surface area (Å²) in [4.78, 5) is 11.8. The predicted molar refractivity (Wildman–Crippen MR) is 60.2 cm³/mol. The minimum atomic E-state index is -0.402. The van der Waals surface area contributed by atoms with Gasteiger partial charge in [0.15, 0.2) is 0 Å². The number of hydrogen-bond donors (Lipinski definition) is 1. The number of carbonyl (C=O) groups excluding carboxylic acids is 1. The van der Waals surface area contributed by atoms with Gasteiger partial charge >= 0.3 is 0 Å². The van der Waals surface area contributed by atoms with Crippen molar-refractivity contribution in [2.45, 2.75) is 26.3 Å². The zero-order valence-corrected chi connectivity index (χ0v) is 10.2. The van der Waals surface area contributed by atoms with Crippen molar-refractivity contribution >= 4 is 17.5 Å². The molecule has 0 aliphatic heterocycles. The highest BCUT2D eigenvalue weighted by molar-refractivity contribution is 6.18. The van der Waals surface area contributed by atoms with Crippen LogP contribution >= 0.6 is 11.6 Å². The molecule has 1 aromatic heterocycles. The number of amides is 1. The van der Waals surface area contributed by atoms with Crippen LogP contribution in [0.15, 0.2) is 6.20 Å². The number of aromatic nitrogens is 2. The molecule has 0 radical (unpaired) electrons. The fourth-order valence-electron chi connectivity index (χ4n) is 1.13. The third kappa shape index (κ3) is 2.72. The van der Waals surface area contributed by atoms with E-state index in [4.69, 9.17) is 11.6 Å². The number of nitrogens with zero attached hydrogens (tertiary/aromatic N) is 2. The zero-order valence-electron chi connectivity index (χ0n) is 9.47. The fourth-order valence-corrected chi connectivity index (χ4v) is 1.20. The standard InChI is InChI=1S/C10H16ClN3O/c1-7-8(5-12-14(7)4)9(15)13-10(2,3)6-11/h5H,6H2,1-4H3,(H,13,15). The Morgan fingerprint density at radius 1 is 1.67 bits per heavy atom. The van der Waals surface area contributed by atoms with Gasteiger partial charge in [-0.1, -0.05) is 0 Å². The number of aryl methyl sites for hydroxylation is 1. The minimum Gasteiger partial charge on any atom is -0.346 e. The summed E-state index contributed by atoms with van der Waals surface area (Å²) in [6.07, 6.45) is 1.56. The van der Waals surface area contributed by atoms with E-state index in [0.29, 0.717) is 11.4 Å². The summed E-state index contributed by atoms with van der Waals surface area (Å²) in [6.45, 7) is 5.61. The van der Waals surface area contributed by atoms with E-state index in [1.54, 1.807) is 17.9 Å². The number of rotatable bonds is 3. The van der Waals surface area contributed by atoms with Crippen LogP contribution in [0.3, 0.4) is 0 Å². The maximum absolute atomic E-state index is 11.8. The number of halogens is 1. The first-order chi connectivity index (χ1) is 6.87. The Labute approximate surface area is 94.6 Å². The lowest BCUT2D eigenvalue weighted by atomic mass is 10.1. The van der Waals surface area contributed by atoms with E-state index in [1.807, 2.05) is 20.8 Å². The summed E-state index contributed by atoms with van der Waals surface area (Å²) in [7, 11) is 1.80. The summed E-state index contributed by atoms with van der Waals surface area (Å²) in [5.74, 6) is 0.240. The van der Waals surface area contributed by atoms with E-state index in [1.165, 1.54) is 0 Å². The Balaban J connectivity index is 2.83. The zero-order chi connectivity index (χ0) is 11.6. The second kappa shape index (κ2) is 4.23. The summed E-state index contributed by atoms with van der Waals surface area (Å²) >= 11 is 5.73. The molecule has 5 heteroatoms. The summed E-state index contributed by atoms with van der Waals surface area (Å²) in [5, 5.41) is 6.87. The van der Waals surface area contributed by atoms with Crippen molar-refractivity contribution in [3.05, 3.63) is 17.5 Å². The Kier molecular flexibility index (Phi) is 3.39. The maximum Gasteiger partial charge on any atom is 0.255 e. The molecule has 0 atom stereocenters. The second-order valence-corrected chi connectivity index (χ2v) is 4.51. The van der Waals surface area contributed by atoms with Crippen LogP contribution in [0, 0.1) is 6.92 Å². The first-order valence-corrected chi connectivity index (χ1v) is 5.28. The van der Waals surface area contributed by atoms with E-state index in [2.05, 4.69) is 10.4 Å². The molecule has 0 saturated carbocycles. The van der Waals surface area contributed by atoms with Gasteiger partial charge in [-0.05, 0) is 20.8 Å². The van der Waals surface area contributed by atoms with Crippen molar-refractivity contribution < 1.29 is 4.79 Å². The van der Waals surface area contributed by atoms with Gasteiger partial charge in [0.05, 0.1) is 11.8 Å². The highest BCUT2D eigenvalue weighted by atomic mass is 35.5. The number of nitrogens with one attached hydrogen (secondary N) is 1. The van der Waals surface area contributed by atoms with Crippen molar-refractivity contribution in [3.8, 4) is 0 Å². The SMILES string of the molecule is Cc1c(C(=O)NC(C)(C)CCl)cnn1C. The van der Waals surface area contributed by atoms with Gasteiger partial charge in [-0.2, -0.15) is 5.10 Å². The molecule has 1 heterocycles.